The van der Waals surface area contributed by atoms with E-state index in [4.69, 9.17) is 4.74 Å². The average Bonchev–Trinajstić information content (AvgIpc) is 2.65. The van der Waals surface area contributed by atoms with Gasteiger partial charge in [0.05, 0.1) is 12.6 Å². The first-order chi connectivity index (χ1) is 13.7. The van der Waals surface area contributed by atoms with E-state index >= 15 is 0 Å². The Bertz CT molecular complexity index is 1080. The van der Waals surface area contributed by atoms with E-state index < -0.39 is 23.3 Å². The van der Waals surface area contributed by atoms with Crippen LogP contribution in [0.2, 0.25) is 0 Å². The van der Waals surface area contributed by atoms with Crippen molar-refractivity contribution in [1.82, 2.24) is 14.5 Å². The highest BCUT2D eigenvalue weighted by Crippen LogP contribution is 2.25. The number of hydrogen-bond acceptors (Lipinski definition) is 6. The summed E-state index contributed by atoms with van der Waals surface area (Å²) in [6.07, 6.45) is 0.673. The Morgan fingerprint density at radius 2 is 1.97 bits per heavy atom. The number of anilines is 1. The van der Waals surface area contributed by atoms with E-state index in [1.165, 1.54) is 23.8 Å². The van der Waals surface area contributed by atoms with Gasteiger partial charge in [-0.05, 0) is 31.0 Å². The van der Waals surface area contributed by atoms with Gasteiger partial charge >= 0.3 is 0 Å². The highest BCUT2D eigenvalue weighted by atomic mass is 19.1. The average molecular weight is 404 g/mol. The number of aliphatic hydroxyl groups excluding tert-OH is 1. The minimum Gasteiger partial charge on any atom is -0.448 e. The number of halogens is 2. The molecule has 0 aliphatic carbocycles. The zero-order valence-electron chi connectivity index (χ0n) is 16.3. The van der Waals surface area contributed by atoms with Crippen molar-refractivity contribution in [3.05, 3.63) is 52.5 Å². The van der Waals surface area contributed by atoms with E-state index in [1.54, 1.807) is 0 Å². The fourth-order valence-electron chi connectivity index (χ4n) is 2.70. The Labute approximate surface area is 166 Å². The Hall–Kier alpha value is -3.07. The lowest BCUT2D eigenvalue weighted by Gasteiger charge is -2.15. The third kappa shape index (κ3) is 4.86. The van der Waals surface area contributed by atoms with Crippen molar-refractivity contribution in [2.24, 2.45) is 5.92 Å². The van der Waals surface area contributed by atoms with Gasteiger partial charge in [-0.2, -0.15) is 4.98 Å². The second kappa shape index (κ2) is 8.52. The van der Waals surface area contributed by atoms with Gasteiger partial charge < -0.3 is 15.2 Å². The fraction of sp³-hybridized carbons (Fsp3) is 0.350. The first-order valence-electron chi connectivity index (χ1n) is 9.20. The van der Waals surface area contributed by atoms with Gasteiger partial charge in [0.1, 0.15) is 11.5 Å². The lowest BCUT2D eigenvalue weighted by atomic mass is 10.2. The molecule has 0 spiro atoms. The van der Waals surface area contributed by atoms with Gasteiger partial charge in [-0.3, -0.25) is 9.36 Å². The third-order valence-electron chi connectivity index (χ3n) is 4.02. The van der Waals surface area contributed by atoms with Crippen LogP contribution < -0.4 is 15.6 Å². The minimum atomic E-state index is -0.934. The molecular formula is C20H22F2N4O3. The molecule has 3 rings (SSSR count). The molecule has 7 nitrogen and oxygen atoms in total. The molecule has 2 N–H and O–H groups in total. The lowest BCUT2D eigenvalue weighted by Crippen LogP contribution is -2.27. The number of rotatable bonds is 7. The van der Waals surface area contributed by atoms with Crippen LogP contribution in [0.25, 0.3) is 11.0 Å². The molecular weight excluding hydrogens is 382 g/mol. The van der Waals surface area contributed by atoms with Gasteiger partial charge in [0.15, 0.2) is 17.3 Å². The molecule has 0 saturated heterocycles. The summed E-state index contributed by atoms with van der Waals surface area (Å²) >= 11 is 0. The predicted molar refractivity (Wildman–Crippen MR) is 105 cm³/mol. The summed E-state index contributed by atoms with van der Waals surface area (Å²) in [5, 5.41) is 13.4. The fourth-order valence-corrected chi connectivity index (χ4v) is 2.70. The molecule has 0 saturated carbocycles. The maximum Gasteiger partial charge on any atom is 0.295 e. The van der Waals surface area contributed by atoms with E-state index in [0.29, 0.717) is 35.5 Å². The van der Waals surface area contributed by atoms with Gasteiger partial charge in [-0.1, -0.05) is 13.8 Å². The van der Waals surface area contributed by atoms with Gasteiger partial charge in [0, 0.05) is 24.2 Å². The van der Waals surface area contributed by atoms with E-state index in [0.717, 1.165) is 12.1 Å². The highest BCUT2D eigenvalue weighted by molar-refractivity contribution is 5.77. The molecule has 0 fully saturated rings. The topological polar surface area (TPSA) is 89.3 Å². The van der Waals surface area contributed by atoms with Gasteiger partial charge in [-0.25, -0.2) is 13.8 Å². The largest absolute Gasteiger partial charge is 0.448 e. The van der Waals surface area contributed by atoms with Crippen molar-refractivity contribution in [2.45, 2.75) is 33.4 Å². The quantitative estimate of drug-likeness (QED) is 0.628. The van der Waals surface area contributed by atoms with Crippen LogP contribution >= 0.6 is 0 Å². The summed E-state index contributed by atoms with van der Waals surface area (Å²) < 4.78 is 33.7. The van der Waals surface area contributed by atoms with Gasteiger partial charge in [0.2, 0.25) is 5.95 Å². The normalized spacial score (nSPS) is 12.4. The molecule has 0 aliphatic heterocycles. The van der Waals surface area contributed by atoms with Crippen molar-refractivity contribution in [2.75, 3.05) is 11.9 Å². The smallest absolute Gasteiger partial charge is 0.295 e. The van der Waals surface area contributed by atoms with Crippen molar-refractivity contribution in [3.8, 4) is 11.5 Å². The van der Waals surface area contributed by atoms with Crippen LogP contribution in [0.3, 0.4) is 0 Å². The summed E-state index contributed by atoms with van der Waals surface area (Å²) in [7, 11) is 0. The standard InChI is InChI=1S/C20H22F2N4O3/c1-11(2)8-23-20-24-9-13-6-17(29-16-5-4-14(21)7-15(16)22)19(28)26(10-12(3)27)18(13)25-20/h4-7,9,11-12,27H,8,10H2,1-3H3,(H,23,24,25). The van der Waals surface area contributed by atoms with Crippen molar-refractivity contribution in [1.29, 1.82) is 0 Å². The summed E-state index contributed by atoms with van der Waals surface area (Å²) in [4.78, 5) is 21.5. The van der Waals surface area contributed by atoms with E-state index in [2.05, 4.69) is 15.3 Å². The Balaban J connectivity index is 2.08. The zero-order valence-corrected chi connectivity index (χ0v) is 16.3. The predicted octanol–water partition coefficient (Wildman–Crippen LogP) is 3.31. The number of ether oxygens (including phenoxy) is 1. The van der Waals surface area contributed by atoms with Crippen LogP contribution in [0.4, 0.5) is 14.7 Å². The zero-order chi connectivity index (χ0) is 21.1. The molecule has 9 heteroatoms. The number of benzene rings is 1. The second-order valence-corrected chi connectivity index (χ2v) is 7.20. The molecule has 0 bridgehead atoms. The lowest BCUT2D eigenvalue weighted by molar-refractivity contribution is 0.173. The monoisotopic (exact) mass is 404 g/mol. The van der Waals surface area contributed by atoms with Gasteiger partial charge in [0.25, 0.3) is 5.56 Å². The summed E-state index contributed by atoms with van der Waals surface area (Å²) in [5.74, 6) is -1.44. The maximum absolute atomic E-state index is 13.9. The number of nitrogens with zero attached hydrogens (tertiary/aromatic N) is 3. The molecule has 0 amide bonds. The van der Waals surface area contributed by atoms with Crippen LogP contribution in [0.15, 0.2) is 35.3 Å². The van der Waals surface area contributed by atoms with Crippen LogP contribution in [0.5, 0.6) is 11.5 Å². The van der Waals surface area contributed by atoms with Crippen LogP contribution in [0.1, 0.15) is 20.8 Å². The molecule has 1 atom stereocenters. The first-order valence-corrected chi connectivity index (χ1v) is 9.20. The van der Waals surface area contributed by atoms with Crippen molar-refractivity contribution in [3.63, 3.8) is 0 Å². The van der Waals surface area contributed by atoms with Crippen molar-refractivity contribution < 1.29 is 18.6 Å². The van der Waals surface area contributed by atoms with Crippen molar-refractivity contribution >= 4 is 17.0 Å². The highest BCUT2D eigenvalue weighted by Gasteiger charge is 2.16. The summed E-state index contributed by atoms with van der Waals surface area (Å²) in [5.41, 5.74) is -0.292. The van der Waals surface area contributed by atoms with Crippen LogP contribution in [-0.4, -0.2) is 32.3 Å². The Morgan fingerprint density at radius 1 is 1.21 bits per heavy atom. The molecule has 29 heavy (non-hydrogen) atoms. The molecule has 0 aliphatic rings. The number of pyridine rings is 1. The second-order valence-electron chi connectivity index (χ2n) is 7.20. The number of aliphatic hydroxyl groups is 1. The summed E-state index contributed by atoms with van der Waals surface area (Å²) in [6.45, 7) is 6.21. The van der Waals surface area contributed by atoms with Crippen LogP contribution in [-0.2, 0) is 6.54 Å². The summed E-state index contributed by atoms with van der Waals surface area (Å²) in [6, 6.07) is 4.19. The molecule has 3 aromatic rings. The van der Waals surface area contributed by atoms with Gasteiger partial charge in [-0.15, -0.1) is 0 Å². The van der Waals surface area contributed by atoms with E-state index in [9.17, 15) is 18.7 Å². The SMILES string of the molecule is CC(C)CNc1ncc2cc(Oc3ccc(F)cc3F)c(=O)n(CC(C)O)c2n1. The third-order valence-corrected chi connectivity index (χ3v) is 4.02. The number of hydrogen-bond donors (Lipinski definition) is 2. The Kier molecular flexibility index (Phi) is 6.07. The van der Waals surface area contributed by atoms with E-state index in [1.807, 2.05) is 13.8 Å². The maximum atomic E-state index is 13.9. The number of fused-ring (bicyclic) bond motifs is 1. The molecule has 0 radical (unpaired) electrons. The molecule has 1 unspecified atom stereocenters. The molecule has 154 valence electrons. The molecule has 2 heterocycles. The van der Waals surface area contributed by atoms with Crippen LogP contribution in [0, 0.1) is 17.6 Å². The molecule has 1 aromatic carbocycles. The molecule has 2 aromatic heterocycles. The number of aromatic nitrogens is 3. The minimum absolute atomic E-state index is 0.0426. The Morgan fingerprint density at radius 3 is 2.62 bits per heavy atom. The number of nitrogens with one attached hydrogen (secondary N) is 1. The van der Waals surface area contributed by atoms with E-state index in [-0.39, 0.29) is 18.0 Å². The first kappa shape index (κ1) is 20.7.